The van der Waals surface area contributed by atoms with Crippen LogP contribution in [0.1, 0.15) is 19.3 Å². The van der Waals surface area contributed by atoms with Gasteiger partial charge in [0.1, 0.15) is 0 Å². The lowest BCUT2D eigenvalue weighted by molar-refractivity contribution is 0.163. The van der Waals surface area contributed by atoms with E-state index in [0.717, 1.165) is 0 Å². The highest BCUT2D eigenvalue weighted by Gasteiger charge is 2.30. The Kier molecular flexibility index (Phi) is 0.770. The van der Waals surface area contributed by atoms with Crippen molar-refractivity contribution in [3.8, 4) is 0 Å². The minimum atomic E-state index is -0.0845. The Morgan fingerprint density at radius 3 is 2.75 bits per heavy atom. The standard InChI is InChI=1S/C7H10O/c8-7-4-5-1-2-6(7)3-5/h4,6-8H,1-3H2. The lowest BCUT2D eigenvalue weighted by atomic mass is 10.0. The first kappa shape index (κ1) is 4.57. The maximum atomic E-state index is 9.14. The Balaban J connectivity index is 2.28. The van der Waals surface area contributed by atoms with Crippen LogP contribution >= 0.6 is 0 Å². The molecule has 0 spiro atoms. The molecule has 2 atom stereocenters. The van der Waals surface area contributed by atoms with Crippen LogP contribution < -0.4 is 0 Å². The summed E-state index contributed by atoms with van der Waals surface area (Å²) in [7, 11) is 0. The van der Waals surface area contributed by atoms with Gasteiger partial charge in [0.15, 0.2) is 0 Å². The van der Waals surface area contributed by atoms with Gasteiger partial charge in [0.2, 0.25) is 0 Å². The number of hydrogen-bond acceptors (Lipinski definition) is 1. The first-order valence-electron chi connectivity index (χ1n) is 3.24. The minimum Gasteiger partial charge on any atom is -0.389 e. The van der Waals surface area contributed by atoms with E-state index in [0.29, 0.717) is 5.92 Å². The fraction of sp³-hybridized carbons (Fsp3) is 0.714. The monoisotopic (exact) mass is 110 g/mol. The topological polar surface area (TPSA) is 20.2 Å². The zero-order valence-electron chi connectivity index (χ0n) is 4.80. The normalized spacial score (nSPS) is 42.9. The molecule has 0 heterocycles. The fourth-order valence-corrected chi connectivity index (χ4v) is 1.73. The molecule has 0 aromatic heterocycles. The zero-order chi connectivity index (χ0) is 5.56. The number of rotatable bonds is 0. The molecule has 1 N–H and O–H groups in total. The average molecular weight is 110 g/mol. The predicted molar refractivity (Wildman–Crippen MR) is 31.4 cm³/mol. The van der Waals surface area contributed by atoms with Crippen LogP contribution in [0.5, 0.6) is 0 Å². The molecular weight excluding hydrogens is 100 g/mol. The van der Waals surface area contributed by atoms with Gasteiger partial charge in [-0.15, -0.1) is 0 Å². The summed E-state index contributed by atoms with van der Waals surface area (Å²) >= 11 is 0. The third-order valence-corrected chi connectivity index (χ3v) is 2.25. The lowest BCUT2D eigenvalue weighted by Gasteiger charge is -2.09. The second kappa shape index (κ2) is 1.35. The third-order valence-electron chi connectivity index (χ3n) is 2.25. The van der Waals surface area contributed by atoms with E-state index in [4.69, 9.17) is 5.11 Å². The fourth-order valence-electron chi connectivity index (χ4n) is 1.73. The maximum Gasteiger partial charge on any atom is 0.0754 e. The van der Waals surface area contributed by atoms with E-state index in [2.05, 4.69) is 0 Å². The summed E-state index contributed by atoms with van der Waals surface area (Å²) in [5.74, 6) is 0.602. The van der Waals surface area contributed by atoms with Gasteiger partial charge in [-0.05, 0) is 25.2 Å². The van der Waals surface area contributed by atoms with Gasteiger partial charge in [0.05, 0.1) is 6.10 Å². The highest BCUT2D eigenvalue weighted by molar-refractivity contribution is 5.19. The van der Waals surface area contributed by atoms with Crippen molar-refractivity contribution in [2.45, 2.75) is 25.4 Å². The minimum absolute atomic E-state index is 0.0845. The molecule has 44 valence electrons. The molecule has 0 saturated heterocycles. The highest BCUT2D eigenvalue weighted by atomic mass is 16.3. The summed E-state index contributed by atoms with van der Waals surface area (Å²) in [6, 6.07) is 0. The molecule has 0 amide bonds. The van der Waals surface area contributed by atoms with E-state index in [9.17, 15) is 0 Å². The van der Waals surface area contributed by atoms with Gasteiger partial charge in [0.25, 0.3) is 0 Å². The molecule has 0 aromatic carbocycles. The van der Waals surface area contributed by atoms with Gasteiger partial charge >= 0.3 is 0 Å². The Bertz CT molecular complexity index is 137. The maximum absolute atomic E-state index is 9.14. The summed E-state index contributed by atoms with van der Waals surface area (Å²) in [6.07, 6.45) is 5.60. The van der Waals surface area contributed by atoms with Gasteiger partial charge < -0.3 is 5.11 Å². The second-order valence-corrected chi connectivity index (χ2v) is 2.82. The molecule has 2 bridgehead atoms. The van der Waals surface area contributed by atoms with Crippen molar-refractivity contribution in [2.75, 3.05) is 0 Å². The van der Waals surface area contributed by atoms with Crippen LogP contribution in [0.2, 0.25) is 0 Å². The average Bonchev–Trinajstić information content (AvgIpc) is 2.23. The van der Waals surface area contributed by atoms with Crippen LogP contribution in [-0.4, -0.2) is 11.2 Å². The van der Waals surface area contributed by atoms with Crippen molar-refractivity contribution in [1.82, 2.24) is 0 Å². The van der Waals surface area contributed by atoms with Crippen LogP contribution in [0.4, 0.5) is 0 Å². The van der Waals surface area contributed by atoms with Crippen molar-refractivity contribution >= 4 is 0 Å². The van der Waals surface area contributed by atoms with Crippen molar-refractivity contribution in [3.63, 3.8) is 0 Å². The van der Waals surface area contributed by atoms with E-state index in [1.807, 2.05) is 6.08 Å². The SMILES string of the molecule is OC1C=C2CCC1C2. The largest absolute Gasteiger partial charge is 0.389 e. The summed E-state index contributed by atoms with van der Waals surface area (Å²) in [4.78, 5) is 0. The molecule has 2 aliphatic rings. The molecule has 1 fully saturated rings. The van der Waals surface area contributed by atoms with E-state index < -0.39 is 0 Å². The van der Waals surface area contributed by atoms with Crippen LogP contribution in [0.3, 0.4) is 0 Å². The van der Waals surface area contributed by atoms with Crippen molar-refractivity contribution in [3.05, 3.63) is 11.6 Å². The van der Waals surface area contributed by atoms with Gasteiger partial charge in [-0.25, -0.2) is 0 Å². The quantitative estimate of drug-likeness (QED) is 0.463. The molecule has 8 heavy (non-hydrogen) atoms. The van der Waals surface area contributed by atoms with Crippen LogP contribution in [0, 0.1) is 5.92 Å². The number of fused-ring (bicyclic) bond motifs is 2. The Labute approximate surface area is 49.0 Å². The second-order valence-electron chi connectivity index (χ2n) is 2.82. The molecule has 1 nitrogen and oxygen atoms in total. The molecule has 1 saturated carbocycles. The molecule has 2 aliphatic carbocycles. The molecule has 0 radical (unpaired) electrons. The van der Waals surface area contributed by atoms with Gasteiger partial charge in [-0.1, -0.05) is 11.6 Å². The summed E-state index contributed by atoms with van der Waals surface area (Å²) in [5, 5.41) is 9.14. The highest BCUT2D eigenvalue weighted by Crippen LogP contribution is 2.39. The summed E-state index contributed by atoms with van der Waals surface area (Å²) in [6.45, 7) is 0. The van der Waals surface area contributed by atoms with Crippen LogP contribution in [0.15, 0.2) is 11.6 Å². The molecular formula is C7H10O. The number of allylic oxidation sites excluding steroid dienone is 1. The van der Waals surface area contributed by atoms with Gasteiger partial charge in [-0.3, -0.25) is 0 Å². The van der Waals surface area contributed by atoms with Crippen LogP contribution in [0.25, 0.3) is 0 Å². The predicted octanol–water partition coefficient (Wildman–Crippen LogP) is 1.09. The molecule has 0 aliphatic heterocycles. The zero-order valence-corrected chi connectivity index (χ0v) is 4.80. The number of aliphatic hydroxyl groups is 1. The molecule has 2 rings (SSSR count). The van der Waals surface area contributed by atoms with E-state index in [1.165, 1.54) is 24.8 Å². The summed E-state index contributed by atoms with van der Waals surface area (Å²) < 4.78 is 0. The number of hydrogen-bond donors (Lipinski definition) is 1. The van der Waals surface area contributed by atoms with E-state index in [-0.39, 0.29) is 6.10 Å². The molecule has 1 heteroatoms. The summed E-state index contributed by atoms with van der Waals surface area (Å²) in [5.41, 5.74) is 1.49. The Hall–Kier alpha value is -0.300. The smallest absolute Gasteiger partial charge is 0.0754 e. The lowest BCUT2D eigenvalue weighted by Crippen LogP contribution is -2.11. The van der Waals surface area contributed by atoms with Gasteiger partial charge in [-0.2, -0.15) is 0 Å². The third kappa shape index (κ3) is 0.451. The van der Waals surface area contributed by atoms with E-state index in [1.54, 1.807) is 0 Å². The molecule has 2 unspecified atom stereocenters. The van der Waals surface area contributed by atoms with E-state index >= 15 is 0 Å². The number of aliphatic hydroxyl groups excluding tert-OH is 1. The first-order valence-corrected chi connectivity index (χ1v) is 3.24. The van der Waals surface area contributed by atoms with Crippen molar-refractivity contribution < 1.29 is 5.11 Å². The Morgan fingerprint density at radius 2 is 2.50 bits per heavy atom. The van der Waals surface area contributed by atoms with Gasteiger partial charge in [0, 0.05) is 0 Å². The van der Waals surface area contributed by atoms with Crippen molar-refractivity contribution in [1.29, 1.82) is 0 Å². The molecule has 0 aromatic rings. The first-order chi connectivity index (χ1) is 3.86. The Morgan fingerprint density at radius 1 is 1.62 bits per heavy atom. The van der Waals surface area contributed by atoms with Crippen LogP contribution in [-0.2, 0) is 0 Å². The van der Waals surface area contributed by atoms with Crippen molar-refractivity contribution in [2.24, 2.45) is 5.92 Å².